The molecule has 3 nitrogen and oxygen atoms in total. The number of likely N-dealkylation sites (N-methyl/N-ethyl adjacent to an activating group) is 1. The van der Waals surface area contributed by atoms with Crippen molar-refractivity contribution in [2.45, 2.75) is 12.5 Å². The second-order valence-electron chi connectivity index (χ2n) is 3.61. The number of carbonyl (C=O) groups is 1. The second-order valence-corrected chi connectivity index (χ2v) is 4.05. The molecule has 0 aromatic heterocycles. The molecule has 1 amide bonds. The Balaban J connectivity index is 2.06. The van der Waals surface area contributed by atoms with Crippen molar-refractivity contribution in [2.75, 3.05) is 13.6 Å². The Bertz CT molecular complexity index is 381. The van der Waals surface area contributed by atoms with Gasteiger partial charge in [0.1, 0.15) is 5.75 Å². The molecule has 2 rings (SSSR count). The van der Waals surface area contributed by atoms with Crippen LogP contribution in [0.1, 0.15) is 6.42 Å². The Morgan fingerprint density at radius 2 is 2.33 bits per heavy atom. The van der Waals surface area contributed by atoms with Crippen LogP contribution < -0.4 is 4.74 Å². The van der Waals surface area contributed by atoms with Crippen molar-refractivity contribution in [3.63, 3.8) is 0 Å². The molecule has 1 aliphatic rings. The Morgan fingerprint density at radius 3 is 2.93 bits per heavy atom. The van der Waals surface area contributed by atoms with Gasteiger partial charge in [-0.25, -0.2) is 0 Å². The number of hydrogen-bond acceptors (Lipinski definition) is 2. The molecule has 1 unspecified atom stereocenters. The van der Waals surface area contributed by atoms with Crippen LogP contribution in [0, 0.1) is 0 Å². The van der Waals surface area contributed by atoms with E-state index in [-0.39, 0.29) is 12.0 Å². The summed E-state index contributed by atoms with van der Waals surface area (Å²) >= 11 is 5.82. The molecule has 0 saturated carbocycles. The van der Waals surface area contributed by atoms with Crippen molar-refractivity contribution in [3.05, 3.63) is 29.3 Å². The maximum absolute atomic E-state index is 11.6. The SMILES string of the molecule is CN1CCC(Oc2cccc(Cl)c2)C1=O. The number of rotatable bonds is 2. The summed E-state index contributed by atoms with van der Waals surface area (Å²) in [7, 11) is 1.78. The molecule has 0 aliphatic carbocycles. The minimum absolute atomic E-state index is 0.0370. The Kier molecular flexibility index (Phi) is 2.82. The predicted octanol–water partition coefficient (Wildman–Crippen LogP) is 1.95. The summed E-state index contributed by atoms with van der Waals surface area (Å²) in [6, 6.07) is 7.10. The average Bonchev–Trinajstić information content (AvgIpc) is 2.50. The third kappa shape index (κ3) is 2.23. The number of carbonyl (C=O) groups excluding carboxylic acids is 1. The van der Waals surface area contributed by atoms with Gasteiger partial charge in [-0.1, -0.05) is 17.7 Å². The van der Waals surface area contributed by atoms with Crippen LogP contribution in [0.3, 0.4) is 0 Å². The Hall–Kier alpha value is -1.22. The summed E-state index contributed by atoms with van der Waals surface area (Å²) in [6.07, 6.45) is 0.385. The smallest absolute Gasteiger partial charge is 0.263 e. The van der Waals surface area contributed by atoms with E-state index in [1.807, 2.05) is 0 Å². The standard InChI is InChI=1S/C11H12ClNO2/c1-13-6-5-10(11(13)14)15-9-4-2-3-8(12)7-9/h2-4,7,10H,5-6H2,1H3. The van der Waals surface area contributed by atoms with Gasteiger partial charge in [0.05, 0.1) is 0 Å². The molecule has 0 N–H and O–H groups in total. The van der Waals surface area contributed by atoms with Crippen LogP contribution in [0.25, 0.3) is 0 Å². The molecule has 1 fully saturated rings. The summed E-state index contributed by atoms with van der Waals surface area (Å²) in [6.45, 7) is 0.754. The lowest BCUT2D eigenvalue weighted by Crippen LogP contribution is -2.29. The van der Waals surface area contributed by atoms with Crippen LogP contribution in [-0.4, -0.2) is 30.5 Å². The molecule has 15 heavy (non-hydrogen) atoms. The highest BCUT2D eigenvalue weighted by Crippen LogP contribution is 2.21. The van der Waals surface area contributed by atoms with Gasteiger partial charge < -0.3 is 9.64 Å². The number of ether oxygens (including phenoxy) is 1. The third-order valence-corrected chi connectivity index (χ3v) is 2.69. The summed E-state index contributed by atoms with van der Waals surface area (Å²) in [5.41, 5.74) is 0. The van der Waals surface area contributed by atoms with E-state index >= 15 is 0 Å². The first-order chi connectivity index (χ1) is 7.16. The maximum atomic E-state index is 11.6. The molecule has 1 aliphatic heterocycles. The first-order valence-electron chi connectivity index (χ1n) is 4.84. The van der Waals surface area contributed by atoms with Crippen LogP contribution in [0.4, 0.5) is 0 Å². The van der Waals surface area contributed by atoms with Crippen molar-refractivity contribution < 1.29 is 9.53 Å². The molecular formula is C11H12ClNO2. The lowest BCUT2D eigenvalue weighted by atomic mass is 10.3. The summed E-state index contributed by atoms with van der Waals surface area (Å²) < 4.78 is 5.56. The van der Waals surface area contributed by atoms with Crippen molar-refractivity contribution in [2.24, 2.45) is 0 Å². The minimum atomic E-state index is -0.353. The summed E-state index contributed by atoms with van der Waals surface area (Å²) in [5, 5.41) is 0.617. The zero-order valence-electron chi connectivity index (χ0n) is 8.44. The average molecular weight is 226 g/mol. The van der Waals surface area contributed by atoms with Gasteiger partial charge in [-0.2, -0.15) is 0 Å². The van der Waals surface area contributed by atoms with Crippen LogP contribution >= 0.6 is 11.6 Å². The van der Waals surface area contributed by atoms with Gasteiger partial charge in [-0.15, -0.1) is 0 Å². The van der Waals surface area contributed by atoms with Crippen LogP contribution in [0.15, 0.2) is 24.3 Å². The molecule has 0 bridgehead atoms. The lowest BCUT2D eigenvalue weighted by Gasteiger charge is -2.12. The molecule has 1 saturated heterocycles. The third-order valence-electron chi connectivity index (χ3n) is 2.45. The highest BCUT2D eigenvalue weighted by molar-refractivity contribution is 6.30. The van der Waals surface area contributed by atoms with Gasteiger partial charge in [0.25, 0.3) is 5.91 Å². The topological polar surface area (TPSA) is 29.5 Å². The highest BCUT2D eigenvalue weighted by Gasteiger charge is 2.30. The van der Waals surface area contributed by atoms with Crippen molar-refractivity contribution in [1.29, 1.82) is 0 Å². The van der Waals surface area contributed by atoms with E-state index in [0.717, 1.165) is 13.0 Å². The van der Waals surface area contributed by atoms with Gasteiger partial charge in [0.2, 0.25) is 0 Å². The number of likely N-dealkylation sites (tertiary alicyclic amines) is 1. The first kappa shape index (κ1) is 10.3. The molecule has 1 heterocycles. The van der Waals surface area contributed by atoms with E-state index in [9.17, 15) is 4.79 Å². The van der Waals surface area contributed by atoms with E-state index in [2.05, 4.69) is 0 Å². The van der Waals surface area contributed by atoms with E-state index in [1.165, 1.54) is 0 Å². The minimum Gasteiger partial charge on any atom is -0.480 e. The zero-order valence-corrected chi connectivity index (χ0v) is 9.20. The van der Waals surface area contributed by atoms with Crippen LogP contribution in [0.2, 0.25) is 5.02 Å². The number of nitrogens with zero attached hydrogens (tertiary/aromatic N) is 1. The molecule has 1 atom stereocenters. The largest absolute Gasteiger partial charge is 0.480 e. The lowest BCUT2D eigenvalue weighted by molar-refractivity contribution is -0.132. The molecule has 4 heteroatoms. The van der Waals surface area contributed by atoms with Gasteiger partial charge in [-0.3, -0.25) is 4.79 Å². The molecule has 1 aromatic carbocycles. The molecule has 80 valence electrons. The second kappa shape index (κ2) is 4.11. The zero-order chi connectivity index (χ0) is 10.8. The first-order valence-corrected chi connectivity index (χ1v) is 5.22. The van der Waals surface area contributed by atoms with Crippen LogP contribution in [-0.2, 0) is 4.79 Å². The van der Waals surface area contributed by atoms with Crippen molar-refractivity contribution >= 4 is 17.5 Å². The Labute approximate surface area is 93.6 Å². The predicted molar refractivity (Wildman–Crippen MR) is 58.1 cm³/mol. The summed E-state index contributed by atoms with van der Waals surface area (Å²) in [5.74, 6) is 0.686. The van der Waals surface area contributed by atoms with Gasteiger partial charge in [-0.05, 0) is 18.2 Å². The van der Waals surface area contributed by atoms with Crippen molar-refractivity contribution in [3.8, 4) is 5.75 Å². The molecular weight excluding hydrogens is 214 g/mol. The molecule has 0 radical (unpaired) electrons. The molecule has 0 spiro atoms. The van der Waals surface area contributed by atoms with Gasteiger partial charge in [0, 0.05) is 25.0 Å². The number of halogens is 1. The van der Waals surface area contributed by atoms with Gasteiger partial charge in [0.15, 0.2) is 6.10 Å². The Morgan fingerprint density at radius 1 is 1.53 bits per heavy atom. The fraction of sp³-hybridized carbons (Fsp3) is 0.364. The fourth-order valence-corrected chi connectivity index (χ4v) is 1.78. The molecule has 1 aromatic rings. The van der Waals surface area contributed by atoms with Crippen molar-refractivity contribution in [1.82, 2.24) is 4.90 Å². The van der Waals surface area contributed by atoms with E-state index in [4.69, 9.17) is 16.3 Å². The van der Waals surface area contributed by atoms with Crippen LogP contribution in [0.5, 0.6) is 5.75 Å². The van der Waals surface area contributed by atoms with Gasteiger partial charge >= 0.3 is 0 Å². The number of benzene rings is 1. The monoisotopic (exact) mass is 225 g/mol. The fourth-order valence-electron chi connectivity index (χ4n) is 1.60. The number of hydrogen-bond donors (Lipinski definition) is 0. The highest BCUT2D eigenvalue weighted by atomic mass is 35.5. The van der Waals surface area contributed by atoms with E-state index in [1.54, 1.807) is 36.2 Å². The number of amides is 1. The summed E-state index contributed by atoms with van der Waals surface area (Å²) in [4.78, 5) is 13.2. The van der Waals surface area contributed by atoms with E-state index in [0.29, 0.717) is 10.8 Å². The maximum Gasteiger partial charge on any atom is 0.263 e. The normalized spacial score (nSPS) is 20.8. The van der Waals surface area contributed by atoms with E-state index < -0.39 is 0 Å². The quantitative estimate of drug-likeness (QED) is 0.770.